The zero-order valence-corrected chi connectivity index (χ0v) is 37.6. The average molecular weight is 802 g/mol. The minimum atomic E-state index is -1.30. The molecule has 0 aromatic heterocycles. The molecule has 5 N–H and O–H groups in total. The smallest absolute Gasteiger partial charge is 0.249 e. The second kappa shape index (κ2) is 45.4. The van der Waals surface area contributed by atoms with E-state index in [4.69, 9.17) is 0 Å². The first-order chi connectivity index (χ1) is 28.0. The molecule has 0 aromatic rings. The summed E-state index contributed by atoms with van der Waals surface area (Å²) in [5.74, 6) is -0.617. The molecule has 4 unspecified atom stereocenters. The Morgan fingerprint density at radius 1 is 0.421 bits per heavy atom. The van der Waals surface area contributed by atoms with Gasteiger partial charge in [0.1, 0.15) is 12.2 Å². The number of unbranched alkanes of at least 4 members (excludes halogenated alkanes) is 27. The molecule has 0 bridgehead atoms. The molecule has 6 nitrogen and oxygen atoms in total. The normalized spacial score (nSPS) is 14.4. The highest BCUT2D eigenvalue weighted by Gasteiger charge is 2.28. The number of aliphatic hydroxyl groups is 4. The van der Waals surface area contributed by atoms with Gasteiger partial charge in [0, 0.05) is 0 Å². The number of aliphatic hydroxyl groups excluding tert-OH is 4. The van der Waals surface area contributed by atoms with E-state index in [0.717, 1.165) is 51.4 Å². The highest BCUT2D eigenvalue weighted by molar-refractivity contribution is 5.80. The van der Waals surface area contributed by atoms with E-state index in [2.05, 4.69) is 67.8 Å². The van der Waals surface area contributed by atoms with Crippen LogP contribution in [0.4, 0.5) is 0 Å². The lowest BCUT2D eigenvalue weighted by Crippen LogP contribution is -2.53. The minimum Gasteiger partial charge on any atom is -0.394 e. The van der Waals surface area contributed by atoms with Crippen molar-refractivity contribution < 1.29 is 25.2 Å². The maximum Gasteiger partial charge on any atom is 0.249 e. The number of allylic oxidation sites excluding steroid dienone is 8. The molecule has 0 aromatic carbocycles. The molecule has 57 heavy (non-hydrogen) atoms. The third-order valence-corrected chi connectivity index (χ3v) is 11.2. The Balaban J connectivity index is 3.74. The van der Waals surface area contributed by atoms with Crippen LogP contribution in [-0.4, -0.2) is 57.3 Å². The van der Waals surface area contributed by atoms with Crippen molar-refractivity contribution in [3.63, 3.8) is 0 Å². The van der Waals surface area contributed by atoms with Crippen LogP contribution >= 0.6 is 0 Å². The van der Waals surface area contributed by atoms with Gasteiger partial charge in [-0.05, 0) is 89.9 Å². The summed E-state index contributed by atoms with van der Waals surface area (Å²) in [5.41, 5.74) is 0. The predicted molar refractivity (Wildman–Crippen MR) is 247 cm³/mol. The van der Waals surface area contributed by atoms with Crippen LogP contribution in [-0.2, 0) is 4.79 Å². The second-order valence-electron chi connectivity index (χ2n) is 16.8. The third kappa shape index (κ3) is 39.5. The fraction of sp³-hybridized carbons (Fsp3) is 0.824. The monoisotopic (exact) mass is 802 g/mol. The van der Waals surface area contributed by atoms with Crippen LogP contribution in [0.3, 0.4) is 0 Å². The van der Waals surface area contributed by atoms with Gasteiger partial charge in [-0.25, -0.2) is 0 Å². The van der Waals surface area contributed by atoms with Gasteiger partial charge in [0.15, 0.2) is 0 Å². The number of hydrogen-bond donors (Lipinski definition) is 5. The Morgan fingerprint density at radius 3 is 1.11 bits per heavy atom. The van der Waals surface area contributed by atoms with Crippen molar-refractivity contribution in [2.45, 2.75) is 263 Å². The Morgan fingerprint density at radius 2 is 0.737 bits per heavy atom. The first-order valence-electron chi connectivity index (χ1n) is 24.5. The first-order valence-corrected chi connectivity index (χ1v) is 24.5. The zero-order chi connectivity index (χ0) is 41.7. The molecule has 1 amide bonds. The number of nitrogens with one attached hydrogen (secondary N) is 1. The topological polar surface area (TPSA) is 110 Å². The quantitative estimate of drug-likeness (QED) is 0.0311. The van der Waals surface area contributed by atoms with E-state index in [9.17, 15) is 25.2 Å². The molecule has 0 aliphatic rings. The molecule has 0 heterocycles. The fourth-order valence-electron chi connectivity index (χ4n) is 7.31. The summed E-state index contributed by atoms with van der Waals surface area (Å²) < 4.78 is 0. The number of amides is 1. The van der Waals surface area contributed by atoms with E-state index in [1.54, 1.807) is 0 Å². The van der Waals surface area contributed by atoms with Crippen LogP contribution in [0, 0.1) is 0 Å². The van der Waals surface area contributed by atoms with Gasteiger partial charge < -0.3 is 25.7 Å². The second-order valence-corrected chi connectivity index (χ2v) is 16.8. The molecule has 4 atom stereocenters. The van der Waals surface area contributed by atoms with Gasteiger partial charge in [0.25, 0.3) is 0 Å². The van der Waals surface area contributed by atoms with E-state index in [-0.39, 0.29) is 0 Å². The molecule has 0 rings (SSSR count). The molecule has 0 saturated carbocycles. The number of carbonyl (C=O) groups is 1. The van der Waals surface area contributed by atoms with Crippen LogP contribution in [0.25, 0.3) is 0 Å². The first kappa shape index (κ1) is 55.3. The summed E-state index contributed by atoms with van der Waals surface area (Å²) in [5, 5.41) is 43.6. The van der Waals surface area contributed by atoms with Crippen molar-refractivity contribution in [2.24, 2.45) is 0 Å². The summed E-state index contributed by atoms with van der Waals surface area (Å²) in [6.07, 6.45) is 56.0. The van der Waals surface area contributed by atoms with Crippen molar-refractivity contribution in [3.8, 4) is 0 Å². The number of rotatable bonds is 44. The maximum atomic E-state index is 12.5. The summed E-state index contributed by atoms with van der Waals surface area (Å²) in [6, 6.07) is -1.02. The van der Waals surface area contributed by atoms with Crippen molar-refractivity contribution in [1.82, 2.24) is 5.32 Å². The van der Waals surface area contributed by atoms with E-state index in [0.29, 0.717) is 25.7 Å². The Labute approximate surface area is 353 Å². The van der Waals surface area contributed by atoms with Gasteiger partial charge in [0.05, 0.1) is 18.8 Å². The van der Waals surface area contributed by atoms with Crippen molar-refractivity contribution >= 4 is 5.91 Å². The molecule has 0 spiro atoms. The maximum absolute atomic E-state index is 12.5. The summed E-state index contributed by atoms with van der Waals surface area (Å²) in [7, 11) is 0. The molecular weight excluding hydrogens is 707 g/mol. The van der Waals surface area contributed by atoms with Crippen LogP contribution in [0.5, 0.6) is 0 Å². The predicted octanol–water partition coefficient (Wildman–Crippen LogP) is 13.5. The number of hydrogen-bond acceptors (Lipinski definition) is 5. The molecular formula is C51H95NO5. The SMILES string of the molecule is CCCCCCCC/C=C\CCCCC(O)C(=O)NC(CO)C(O)C(O)CCC/C=C/CC/C=C/CC/C=C/CCCCCCCCCCCCCCCCCC. The standard InChI is InChI=1S/C51H95NO5/c1-3-5-7-9-11-13-15-17-18-19-20-21-22-23-24-25-26-27-28-29-30-31-32-33-35-36-38-40-42-44-48(54)50(56)47(46-53)52-51(57)49(55)45-43-41-39-37-34-16-14-12-10-8-6-4-2/h27-28,31-32,34,36-38,47-50,53-56H,3-26,29-30,33,35,39-46H2,1-2H3,(H,52,57)/b28-27+,32-31+,37-34-,38-36+. The molecule has 0 radical (unpaired) electrons. The van der Waals surface area contributed by atoms with Crippen LogP contribution < -0.4 is 5.32 Å². The molecule has 0 saturated heterocycles. The lowest BCUT2D eigenvalue weighted by molar-refractivity contribution is -0.132. The number of carbonyl (C=O) groups excluding carboxylic acids is 1. The van der Waals surface area contributed by atoms with Gasteiger partial charge in [-0.2, -0.15) is 0 Å². The van der Waals surface area contributed by atoms with Gasteiger partial charge >= 0.3 is 0 Å². The third-order valence-electron chi connectivity index (χ3n) is 11.2. The van der Waals surface area contributed by atoms with Crippen molar-refractivity contribution in [3.05, 3.63) is 48.6 Å². The summed E-state index contributed by atoms with van der Waals surface area (Å²) in [6.45, 7) is 4.01. The van der Waals surface area contributed by atoms with Crippen molar-refractivity contribution in [1.29, 1.82) is 0 Å². The van der Waals surface area contributed by atoms with E-state index < -0.39 is 36.9 Å². The summed E-state index contributed by atoms with van der Waals surface area (Å²) >= 11 is 0. The van der Waals surface area contributed by atoms with E-state index in [1.165, 1.54) is 148 Å². The van der Waals surface area contributed by atoms with Crippen LogP contribution in [0.2, 0.25) is 0 Å². The Kier molecular flexibility index (Phi) is 44.0. The van der Waals surface area contributed by atoms with Crippen molar-refractivity contribution in [2.75, 3.05) is 6.61 Å². The Bertz CT molecular complexity index is 946. The fourth-order valence-corrected chi connectivity index (χ4v) is 7.31. The largest absolute Gasteiger partial charge is 0.394 e. The van der Waals surface area contributed by atoms with Gasteiger partial charge in [0.2, 0.25) is 5.91 Å². The zero-order valence-electron chi connectivity index (χ0n) is 37.6. The Hall–Kier alpha value is -1.73. The minimum absolute atomic E-state index is 0.326. The van der Waals surface area contributed by atoms with Crippen LogP contribution in [0.1, 0.15) is 239 Å². The highest BCUT2D eigenvalue weighted by atomic mass is 16.3. The molecule has 6 heteroatoms. The molecule has 0 aliphatic carbocycles. The average Bonchev–Trinajstić information content (AvgIpc) is 3.22. The van der Waals surface area contributed by atoms with Gasteiger partial charge in [-0.15, -0.1) is 0 Å². The molecule has 334 valence electrons. The molecule has 0 fully saturated rings. The lowest BCUT2D eigenvalue weighted by Gasteiger charge is -2.27. The highest BCUT2D eigenvalue weighted by Crippen LogP contribution is 2.15. The van der Waals surface area contributed by atoms with E-state index in [1.807, 2.05) is 0 Å². The summed E-state index contributed by atoms with van der Waals surface area (Å²) in [4.78, 5) is 12.5. The van der Waals surface area contributed by atoms with Gasteiger partial charge in [-0.3, -0.25) is 4.79 Å². The van der Waals surface area contributed by atoms with E-state index >= 15 is 0 Å². The molecule has 0 aliphatic heterocycles. The van der Waals surface area contributed by atoms with Gasteiger partial charge in [-0.1, -0.05) is 197 Å². The lowest BCUT2D eigenvalue weighted by atomic mass is 10.00. The van der Waals surface area contributed by atoms with Crippen LogP contribution in [0.15, 0.2) is 48.6 Å².